The molecule has 0 aliphatic heterocycles. The second-order valence-electron chi connectivity index (χ2n) is 6.12. The predicted molar refractivity (Wildman–Crippen MR) is 92.8 cm³/mol. The van der Waals surface area contributed by atoms with Gasteiger partial charge in [-0.25, -0.2) is 9.18 Å². The van der Waals surface area contributed by atoms with Gasteiger partial charge in [0, 0.05) is 13.6 Å². The van der Waals surface area contributed by atoms with E-state index in [-0.39, 0.29) is 12.3 Å². The summed E-state index contributed by atoms with van der Waals surface area (Å²) in [5, 5.41) is 2.63. The Morgan fingerprint density at radius 3 is 2.52 bits per heavy atom. The van der Waals surface area contributed by atoms with Gasteiger partial charge in [0.05, 0.1) is 18.7 Å². The van der Waals surface area contributed by atoms with Gasteiger partial charge in [0.1, 0.15) is 0 Å². The zero-order chi connectivity index (χ0) is 20.2. The minimum Gasteiger partial charge on any atom is -0.494 e. The molecule has 146 valence electrons. The number of methoxy groups -OCH3 is 1. The third kappa shape index (κ3) is 5.35. The first-order chi connectivity index (χ1) is 12.6. The quantitative estimate of drug-likeness (QED) is 0.756. The van der Waals surface area contributed by atoms with Crippen molar-refractivity contribution in [1.82, 2.24) is 10.2 Å². The average Bonchev–Trinajstić information content (AvgIpc) is 2.61. The van der Waals surface area contributed by atoms with E-state index in [9.17, 15) is 22.4 Å². The van der Waals surface area contributed by atoms with Gasteiger partial charge in [-0.2, -0.15) is 13.2 Å². The van der Waals surface area contributed by atoms with Crippen molar-refractivity contribution >= 4 is 6.03 Å². The molecule has 0 aromatic heterocycles. The van der Waals surface area contributed by atoms with Crippen molar-refractivity contribution < 1.29 is 27.1 Å². The number of benzene rings is 2. The first kappa shape index (κ1) is 20.5. The fourth-order valence-electron chi connectivity index (χ4n) is 2.52. The molecular formula is C19H20F4N2O2. The molecule has 0 saturated heterocycles. The van der Waals surface area contributed by atoms with Crippen LogP contribution in [-0.4, -0.2) is 25.1 Å². The zero-order valence-corrected chi connectivity index (χ0v) is 15.1. The van der Waals surface area contributed by atoms with E-state index in [0.29, 0.717) is 11.1 Å². The summed E-state index contributed by atoms with van der Waals surface area (Å²) < 4.78 is 57.0. The molecule has 1 unspecified atom stereocenters. The van der Waals surface area contributed by atoms with Gasteiger partial charge < -0.3 is 15.0 Å². The van der Waals surface area contributed by atoms with E-state index in [1.165, 1.54) is 43.3 Å². The number of amides is 2. The highest BCUT2D eigenvalue weighted by molar-refractivity contribution is 5.74. The molecule has 2 aromatic rings. The van der Waals surface area contributed by atoms with E-state index in [4.69, 9.17) is 4.74 Å². The van der Waals surface area contributed by atoms with Crippen molar-refractivity contribution in [3.05, 3.63) is 65.0 Å². The Labute approximate surface area is 154 Å². The molecule has 8 heteroatoms. The van der Waals surface area contributed by atoms with Crippen LogP contribution in [-0.2, 0) is 12.7 Å². The summed E-state index contributed by atoms with van der Waals surface area (Å²) in [5.41, 5.74) is 0.114. The van der Waals surface area contributed by atoms with Gasteiger partial charge >= 0.3 is 12.2 Å². The number of nitrogens with one attached hydrogen (secondary N) is 1. The largest absolute Gasteiger partial charge is 0.494 e. The van der Waals surface area contributed by atoms with E-state index in [0.717, 1.165) is 12.1 Å². The van der Waals surface area contributed by atoms with Crippen molar-refractivity contribution in [3.8, 4) is 5.75 Å². The number of hydrogen-bond acceptors (Lipinski definition) is 2. The number of nitrogens with zero attached hydrogens (tertiary/aromatic N) is 1. The number of urea groups is 1. The Balaban J connectivity index is 2.02. The summed E-state index contributed by atoms with van der Waals surface area (Å²) in [4.78, 5) is 13.6. The average molecular weight is 384 g/mol. The number of alkyl halides is 3. The van der Waals surface area contributed by atoms with Crippen LogP contribution < -0.4 is 10.1 Å². The minimum absolute atomic E-state index is 0.101. The van der Waals surface area contributed by atoms with Gasteiger partial charge in [-0.05, 0) is 42.3 Å². The number of carbonyl (C=O) groups is 1. The lowest BCUT2D eigenvalue weighted by Gasteiger charge is -2.22. The number of halogens is 4. The van der Waals surface area contributed by atoms with Crippen LogP contribution in [0.2, 0.25) is 0 Å². The number of hydrogen-bond donors (Lipinski definition) is 1. The summed E-state index contributed by atoms with van der Waals surface area (Å²) in [5.74, 6) is -0.440. The van der Waals surface area contributed by atoms with E-state index in [1.807, 2.05) is 0 Å². The molecule has 0 bridgehead atoms. The van der Waals surface area contributed by atoms with Crippen LogP contribution in [0.4, 0.5) is 22.4 Å². The molecule has 2 amide bonds. The molecule has 0 aliphatic carbocycles. The Kier molecular flexibility index (Phi) is 6.30. The molecule has 2 rings (SSSR count). The Morgan fingerprint density at radius 2 is 1.93 bits per heavy atom. The zero-order valence-electron chi connectivity index (χ0n) is 15.1. The van der Waals surface area contributed by atoms with Gasteiger partial charge in [0.15, 0.2) is 11.6 Å². The molecule has 0 spiro atoms. The molecule has 1 N–H and O–H groups in total. The van der Waals surface area contributed by atoms with Crippen molar-refractivity contribution in [2.24, 2.45) is 0 Å². The maximum Gasteiger partial charge on any atom is 0.416 e. The summed E-state index contributed by atoms with van der Waals surface area (Å²) in [7, 11) is 2.86. The van der Waals surface area contributed by atoms with E-state index >= 15 is 0 Å². The third-order valence-corrected chi connectivity index (χ3v) is 4.04. The van der Waals surface area contributed by atoms with Crippen LogP contribution >= 0.6 is 0 Å². The summed E-state index contributed by atoms with van der Waals surface area (Å²) in [6, 6.07) is 8.02. The number of ether oxygens (including phenoxy) is 1. The van der Waals surface area contributed by atoms with Crippen molar-refractivity contribution in [2.45, 2.75) is 25.7 Å². The van der Waals surface area contributed by atoms with E-state index in [2.05, 4.69) is 5.32 Å². The standard InChI is InChI=1S/C19H20F4N2O2/c1-12(14-5-4-6-15(10-14)19(21,22)23)24-18(26)25(2)11-13-7-8-17(27-3)16(20)9-13/h4-10,12H,11H2,1-3H3,(H,24,26). The molecule has 0 heterocycles. The monoisotopic (exact) mass is 384 g/mol. The Bertz CT molecular complexity index is 809. The lowest BCUT2D eigenvalue weighted by atomic mass is 10.1. The molecule has 0 radical (unpaired) electrons. The highest BCUT2D eigenvalue weighted by Crippen LogP contribution is 2.30. The minimum atomic E-state index is -4.45. The van der Waals surface area contributed by atoms with Crippen LogP contribution in [0.15, 0.2) is 42.5 Å². The number of rotatable bonds is 5. The smallest absolute Gasteiger partial charge is 0.416 e. The van der Waals surface area contributed by atoms with Gasteiger partial charge in [0.2, 0.25) is 0 Å². The van der Waals surface area contributed by atoms with E-state index in [1.54, 1.807) is 13.0 Å². The van der Waals surface area contributed by atoms with Crippen molar-refractivity contribution in [3.63, 3.8) is 0 Å². The van der Waals surface area contributed by atoms with Gasteiger partial charge in [-0.1, -0.05) is 18.2 Å². The fraction of sp³-hybridized carbons (Fsp3) is 0.316. The highest BCUT2D eigenvalue weighted by atomic mass is 19.4. The second kappa shape index (κ2) is 8.28. The van der Waals surface area contributed by atoms with Crippen LogP contribution in [0.25, 0.3) is 0 Å². The molecule has 4 nitrogen and oxygen atoms in total. The summed E-state index contributed by atoms with van der Waals surface area (Å²) in [6.45, 7) is 1.72. The molecule has 27 heavy (non-hydrogen) atoms. The first-order valence-corrected chi connectivity index (χ1v) is 8.13. The molecule has 2 aromatic carbocycles. The highest BCUT2D eigenvalue weighted by Gasteiger charge is 2.30. The maximum absolute atomic E-state index is 13.7. The lowest BCUT2D eigenvalue weighted by Crippen LogP contribution is -2.38. The summed E-state index contributed by atoms with van der Waals surface area (Å²) in [6.07, 6.45) is -4.45. The topological polar surface area (TPSA) is 41.6 Å². The molecule has 0 aliphatic rings. The SMILES string of the molecule is COc1ccc(CN(C)C(=O)NC(C)c2cccc(C(F)(F)F)c2)cc1F. The summed E-state index contributed by atoms with van der Waals surface area (Å²) >= 11 is 0. The van der Waals surface area contributed by atoms with Crippen LogP contribution in [0, 0.1) is 5.82 Å². The molecule has 0 fully saturated rings. The maximum atomic E-state index is 13.7. The Morgan fingerprint density at radius 1 is 1.22 bits per heavy atom. The van der Waals surface area contributed by atoms with Gasteiger partial charge in [-0.3, -0.25) is 0 Å². The lowest BCUT2D eigenvalue weighted by molar-refractivity contribution is -0.137. The van der Waals surface area contributed by atoms with Crippen molar-refractivity contribution in [2.75, 3.05) is 14.2 Å². The second-order valence-corrected chi connectivity index (χ2v) is 6.12. The molecule has 1 atom stereocenters. The molecular weight excluding hydrogens is 364 g/mol. The molecule has 0 saturated carbocycles. The number of carbonyl (C=O) groups excluding carboxylic acids is 1. The van der Waals surface area contributed by atoms with Gasteiger partial charge in [-0.15, -0.1) is 0 Å². The third-order valence-electron chi connectivity index (χ3n) is 4.04. The van der Waals surface area contributed by atoms with Crippen molar-refractivity contribution in [1.29, 1.82) is 0 Å². The van der Waals surface area contributed by atoms with E-state index < -0.39 is 29.6 Å². The van der Waals surface area contributed by atoms with Crippen LogP contribution in [0.1, 0.15) is 29.7 Å². The first-order valence-electron chi connectivity index (χ1n) is 8.13. The van der Waals surface area contributed by atoms with Gasteiger partial charge in [0.25, 0.3) is 0 Å². The fourth-order valence-corrected chi connectivity index (χ4v) is 2.52. The Hall–Kier alpha value is -2.77. The predicted octanol–water partition coefficient (Wildman–Crippen LogP) is 4.76. The van der Waals surface area contributed by atoms with Crippen LogP contribution in [0.3, 0.4) is 0 Å². The van der Waals surface area contributed by atoms with Crippen LogP contribution in [0.5, 0.6) is 5.75 Å². The normalized spacial score (nSPS) is 12.4.